The minimum atomic E-state index is -0.160. The second kappa shape index (κ2) is 9.62. The van der Waals surface area contributed by atoms with E-state index >= 15 is 0 Å². The van der Waals surface area contributed by atoms with Gasteiger partial charge in [0.15, 0.2) is 0 Å². The zero-order chi connectivity index (χ0) is 13.9. The molecule has 0 radical (unpaired) electrons. The minimum absolute atomic E-state index is 0.160. The Morgan fingerprint density at radius 3 is 2.74 bits per heavy atom. The number of carbonyl (C=O) groups is 1. The van der Waals surface area contributed by atoms with Gasteiger partial charge in [0.1, 0.15) is 0 Å². The Bertz CT molecular complexity index is 401. The summed E-state index contributed by atoms with van der Waals surface area (Å²) in [6.07, 6.45) is 4.67. The normalized spacial score (nSPS) is 10.8. The van der Waals surface area contributed by atoms with Gasteiger partial charge >= 0.3 is 5.97 Å². The molecule has 104 valence electrons. The molecule has 3 nitrogen and oxygen atoms in total. The molecule has 0 heterocycles. The number of methoxy groups -OCH3 is 1. The molecular formula is C15H21NO2S. The molecule has 0 spiro atoms. The molecule has 0 amide bonds. The first-order valence-corrected chi connectivity index (χ1v) is 7.54. The molecule has 0 bridgehead atoms. The molecule has 0 saturated carbocycles. The summed E-state index contributed by atoms with van der Waals surface area (Å²) in [6, 6.07) is 8.22. The van der Waals surface area contributed by atoms with Crippen LogP contribution in [0.25, 0.3) is 0 Å². The third-order valence-corrected chi connectivity index (χ3v) is 3.58. The van der Waals surface area contributed by atoms with Crippen LogP contribution in [-0.2, 0) is 9.53 Å². The zero-order valence-corrected chi connectivity index (χ0v) is 12.4. The van der Waals surface area contributed by atoms with E-state index in [0.717, 1.165) is 29.2 Å². The second-order valence-electron chi connectivity index (χ2n) is 4.13. The van der Waals surface area contributed by atoms with Crippen molar-refractivity contribution in [3.05, 3.63) is 29.8 Å². The van der Waals surface area contributed by atoms with Crippen LogP contribution in [0.2, 0.25) is 0 Å². The summed E-state index contributed by atoms with van der Waals surface area (Å²) in [5.74, 6) is 0.587. The quantitative estimate of drug-likeness (QED) is 0.316. The highest BCUT2D eigenvalue weighted by Crippen LogP contribution is 2.18. The van der Waals surface area contributed by atoms with Crippen molar-refractivity contribution in [3.8, 4) is 0 Å². The average molecular weight is 279 g/mol. The molecule has 0 aliphatic heterocycles. The lowest BCUT2D eigenvalue weighted by molar-refractivity contribution is -0.140. The zero-order valence-electron chi connectivity index (χ0n) is 11.6. The number of carbonyl (C=O) groups excluding carboxylic acids is 1. The van der Waals surface area contributed by atoms with Gasteiger partial charge in [-0.3, -0.25) is 9.79 Å². The summed E-state index contributed by atoms with van der Waals surface area (Å²) in [6.45, 7) is 3.06. The van der Waals surface area contributed by atoms with E-state index in [1.165, 1.54) is 13.5 Å². The van der Waals surface area contributed by atoms with Crippen LogP contribution < -0.4 is 0 Å². The standard InChI is InChI=1S/C15H21NO2S/c1-3-4-10-16-12-13-5-7-14(8-6-13)19-11-9-15(17)18-2/h5-8,12H,3-4,9-11H2,1-2H3. The first-order valence-electron chi connectivity index (χ1n) is 6.55. The molecule has 0 aliphatic rings. The average Bonchev–Trinajstić information content (AvgIpc) is 2.45. The molecular weight excluding hydrogens is 258 g/mol. The fourth-order valence-electron chi connectivity index (χ4n) is 1.42. The molecule has 4 heteroatoms. The van der Waals surface area contributed by atoms with Gasteiger partial charge in [0.2, 0.25) is 0 Å². The number of unbranched alkanes of at least 4 members (excludes halogenated alkanes) is 1. The molecule has 0 atom stereocenters. The Labute approximate surface area is 119 Å². The van der Waals surface area contributed by atoms with Crippen molar-refractivity contribution >= 4 is 23.9 Å². The third kappa shape index (κ3) is 7.01. The monoisotopic (exact) mass is 279 g/mol. The maximum atomic E-state index is 11.0. The number of ether oxygens (including phenoxy) is 1. The smallest absolute Gasteiger partial charge is 0.306 e. The summed E-state index contributed by atoms with van der Waals surface area (Å²) >= 11 is 1.66. The Morgan fingerprint density at radius 1 is 1.37 bits per heavy atom. The van der Waals surface area contributed by atoms with Gasteiger partial charge in [0.25, 0.3) is 0 Å². The van der Waals surface area contributed by atoms with Crippen molar-refractivity contribution in [1.82, 2.24) is 0 Å². The van der Waals surface area contributed by atoms with Gasteiger partial charge in [0.05, 0.1) is 13.5 Å². The number of aliphatic imine (C=N–C) groups is 1. The second-order valence-corrected chi connectivity index (χ2v) is 5.30. The van der Waals surface area contributed by atoms with Gasteiger partial charge in [-0.15, -0.1) is 11.8 Å². The maximum Gasteiger partial charge on any atom is 0.306 e. The van der Waals surface area contributed by atoms with Crippen LogP contribution in [0.1, 0.15) is 31.7 Å². The minimum Gasteiger partial charge on any atom is -0.469 e. The molecule has 19 heavy (non-hydrogen) atoms. The van der Waals surface area contributed by atoms with Crippen molar-refractivity contribution in [2.45, 2.75) is 31.1 Å². The fourth-order valence-corrected chi connectivity index (χ4v) is 2.26. The highest BCUT2D eigenvalue weighted by Gasteiger charge is 2.00. The number of thioether (sulfide) groups is 1. The lowest BCUT2D eigenvalue weighted by Crippen LogP contribution is -2.00. The Balaban J connectivity index is 2.34. The van der Waals surface area contributed by atoms with E-state index in [1.54, 1.807) is 11.8 Å². The van der Waals surface area contributed by atoms with Gasteiger partial charge < -0.3 is 4.74 Å². The summed E-state index contributed by atoms with van der Waals surface area (Å²) in [5.41, 5.74) is 1.12. The van der Waals surface area contributed by atoms with Gasteiger partial charge in [-0.2, -0.15) is 0 Å². The highest BCUT2D eigenvalue weighted by atomic mass is 32.2. The van der Waals surface area contributed by atoms with Gasteiger partial charge in [-0.05, 0) is 24.1 Å². The van der Waals surface area contributed by atoms with E-state index in [2.05, 4.69) is 40.9 Å². The molecule has 0 aromatic heterocycles. The van der Waals surface area contributed by atoms with Gasteiger partial charge in [0, 0.05) is 23.4 Å². The predicted octanol–water partition coefficient (Wildman–Crippen LogP) is 3.56. The molecule has 0 aliphatic carbocycles. The summed E-state index contributed by atoms with van der Waals surface area (Å²) < 4.78 is 4.60. The van der Waals surface area contributed by atoms with E-state index < -0.39 is 0 Å². The largest absolute Gasteiger partial charge is 0.469 e. The van der Waals surface area contributed by atoms with Gasteiger partial charge in [-0.25, -0.2) is 0 Å². The number of hydrogen-bond donors (Lipinski definition) is 0. The predicted molar refractivity (Wildman–Crippen MR) is 81.2 cm³/mol. The number of benzene rings is 1. The molecule has 0 saturated heterocycles. The first-order chi connectivity index (χ1) is 9.26. The Kier molecular flexibility index (Phi) is 7.98. The number of hydrogen-bond acceptors (Lipinski definition) is 4. The van der Waals surface area contributed by atoms with Gasteiger partial charge in [-0.1, -0.05) is 25.5 Å². The van der Waals surface area contributed by atoms with Crippen LogP contribution >= 0.6 is 11.8 Å². The van der Waals surface area contributed by atoms with Crippen molar-refractivity contribution < 1.29 is 9.53 Å². The fraction of sp³-hybridized carbons (Fsp3) is 0.467. The van der Waals surface area contributed by atoms with E-state index in [1.807, 2.05) is 6.21 Å². The van der Waals surface area contributed by atoms with E-state index in [9.17, 15) is 4.79 Å². The summed E-state index contributed by atoms with van der Waals surface area (Å²) in [7, 11) is 1.42. The third-order valence-electron chi connectivity index (χ3n) is 2.56. The summed E-state index contributed by atoms with van der Waals surface area (Å²) in [4.78, 5) is 16.5. The van der Waals surface area contributed by atoms with E-state index in [-0.39, 0.29) is 5.97 Å². The summed E-state index contributed by atoms with van der Waals surface area (Å²) in [5, 5.41) is 0. The van der Waals surface area contributed by atoms with Crippen LogP contribution in [-0.4, -0.2) is 31.6 Å². The van der Waals surface area contributed by atoms with Crippen LogP contribution in [0.3, 0.4) is 0 Å². The molecule has 1 aromatic carbocycles. The SMILES string of the molecule is CCCCN=Cc1ccc(SCCC(=O)OC)cc1. The highest BCUT2D eigenvalue weighted by molar-refractivity contribution is 7.99. The van der Waals surface area contributed by atoms with Crippen molar-refractivity contribution in [2.24, 2.45) is 4.99 Å². The topological polar surface area (TPSA) is 38.7 Å². The molecule has 0 unspecified atom stereocenters. The number of nitrogens with zero attached hydrogens (tertiary/aromatic N) is 1. The van der Waals surface area contributed by atoms with Crippen LogP contribution in [0, 0.1) is 0 Å². The number of esters is 1. The molecule has 0 N–H and O–H groups in total. The Hall–Kier alpha value is -1.29. The van der Waals surface area contributed by atoms with Crippen LogP contribution in [0.5, 0.6) is 0 Å². The van der Waals surface area contributed by atoms with Crippen LogP contribution in [0.15, 0.2) is 34.2 Å². The van der Waals surface area contributed by atoms with Crippen molar-refractivity contribution in [3.63, 3.8) is 0 Å². The molecule has 0 fully saturated rings. The van der Waals surface area contributed by atoms with Crippen molar-refractivity contribution in [2.75, 3.05) is 19.4 Å². The maximum absolute atomic E-state index is 11.0. The first kappa shape index (κ1) is 15.8. The molecule has 1 rings (SSSR count). The Morgan fingerprint density at radius 2 is 2.11 bits per heavy atom. The van der Waals surface area contributed by atoms with E-state index in [0.29, 0.717) is 6.42 Å². The number of rotatable bonds is 8. The lowest BCUT2D eigenvalue weighted by atomic mass is 10.2. The van der Waals surface area contributed by atoms with Crippen molar-refractivity contribution in [1.29, 1.82) is 0 Å². The van der Waals surface area contributed by atoms with E-state index in [4.69, 9.17) is 0 Å². The van der Waals surface area contributed by atoms with Crippen LogP contribution in [0.4, 0.5) is 0 Å². The molecule has 1 aromatic rings. The lowest BCUT2D eigenvalue weighted by Gasteiger charge is -2.01.